The quantitative estimate of drug-likeness (QED) is 0.579. The molecule has 1 heterocycles. The number of fused-ring (bicyclic) bond motifs is 1. The van der Waals surface area contributed by atoms with Crippen LogP contribution in [0, 0.1) is 0 Å². The minimum Gasteiger partial charge on any atom is -0.490 e. The lowest BCUT2D eigenvalue weighted by Gasteiger charge is -2.15. The van der Waals surface area contributed by atoms with Crippen LogP contribution in [0.3, 0.4) is 0 Å². The lowest BCUT2D eigenvalue weighted by atomic mass is 10.1. The minimum atomic E-state index is -0.369. The molecule has 1 N–H and O–H groups in total. The first-order chi connectivity index (χ1) is 15.6. The normalized spacial score (nSPS) is 15.7. The van der Waals surface area contributed by atoms with E-state index in [9.17, 15) is 14.4 Å². The van der Waals surface area contributed by atoms with E-state index >= 15 is 0 Å². The maximum absolute atomic E-state index is 12.7. The Morgan fingerprint density at radius 3 is 2.16 bits per heavy atom. The van der Waals surface area contributed by atoms with Crippen molar-refractivity contribution < 1.29 is 19.1 Å². The number of nitrogens with zero attached hydrogens (tertiary/aromatic N) is 1. The molecule has 1 saturated carbocycles. The first kappa shape index (κ1) is 20.0. The Kier molecular flexibility index (Phi) is 5.19. The SMILES string of the molecule is O=C(Nc1cccc(N2C(=O)c3ccccc3C2=O)c1)c1ccc(OC2CCCC2)cc1. The zero-order valence-corrected chi connectivity index (χ0v) is 17.4. The molecule has 1 fully saturated rings. The summed E-state index contributed by atoms with van der Waals surface area (Å²) in [5.41, 5.74) is 2.17. The van der Waals surface area contributed by atoms with Crippen molar-refractivity contribution in [2.45, 2.75) is 31.8 Å². The summed E-state index contributed by atoms with van der Waals surface area (Å²) in [5.74, 6) is -0.253. The summed E-state index contributed by atoms with van der Waals surface area (Å²) in [7, 11) is 0. The van der Waals surface area contributed by atoms with E-state index in [-0.39, 0.29) is 23.8 Å². The van der Waals surface area contributed by atoms with Crippen LogP contribution in [-0.2, 0) is 0 Å². The van der Waals surface area contributed by atoms with E-state index in [1.54, 1.807) is 60.7 Å². The fourth-order valence-corrected chi connectivity index (χ4v) is 4.23. The predicted molar refractivity (Wildman–Crippen MR) is 121 cm³/mol. The van der Waals surface area contributed by atoms with Gasteiger partial charge in [-0.1, -0.05) is 18.2 Å². The molecule has 0 unspecified atom stereocenters. The summed E-state index contributed by atoms with van der Waals surface area (Å²) in [6.07, 6.45) is 4.81. The average Bonchev–Trinajstić information content (AvgIpc) is 3.41. The number of ether oxygens (including phenoxy) is 1. The van der Waals surface area contributed by atoms with Gasteiger partial charge in [-0.2, -0.15) is 0 Å². The van der Waals surface area contributed by atoms with Crippen molar-refractivity contribution in [3.8, 4) is 5.75 Å². The molecule has 3 aromatic carbocycles. The fraction of sp³-hybridized carbons (Fsp3) is 0.192. The summed E-state index contributed by atoms with van der Waals surface area (Å²) in [4.78, 5) is 39.3. The van der Waals surface area contributed by atoms with Crippen LogP contribution in [0.1, 0.15) is 56.8 Å². The molecular formula is C26H22N2O4. The molecule has 1 aliphatic heterocycles. The number of amides is 3. The highest BCUT2D eigenvalue weighted by atomic mass is 16.5. The van der Waals surface area contributed by atoms with E-state index < -0.39 is 0 Å². The van der Waals surface area contributed by atoms with Gasteiger partial charge in [-0.25, -0.2) is 4.90 Å². The van der Waals surface area contributed by atoms with Crippen molar-refractivity contribution in [2.24, 2.45) is 0 Å². The number of carbonyl (C=O) groups excluding carboxylic acids is 3. The maximum Gasteiger partial charge on any atom is 0.266 e. The number of nitrogens with one attached hydrogen (secondary N) is 1. The highest BCUT2D eigenvalue weighted by Gasteiger charge is 2.36. The molecule has 0 bridgehead atoms. The number of carbonyl (C=O) groups is 3. The number of hydrogen-bond donors (Lipinski definition) is 1. The van der Waals surface area contributed by atoms with E-state index in [0.29, 0.717) is 28.1 Å². The van der Waals surface area contributed by atoms with Crippen molar-refractivity contribution in [3.05, 3.63) is 89.5 Å². The van der Waals surface area contributed by atoms with Crippen LogP contribution in [-0.4, -0.2) is 23.8 Å². The molecule has 0 radical (unpaired) electrons. The van der Waals surface area contributed by atoms with Gasteiger partial charge in [-0.3, -0.25) is 14.4 Å². The number of anilines is 2. The summed E-state index contributed by atoms with van der Waals surface area (Å²) in [5, 5.41) is 2.84. The third-order valence-electron chi connectivity index (χ3n) is 5.88. The van der Waals surface area contributed by atoms with E-state index in [1.165, 1.54) is 12.8 Å². The van der Waals surface area contributed by atoms with E-state index in [4.69, 9.17) is 4.74 Å². The van der Waals surface area contributed by atoms with Crippen molar-refractivity contribution in [3.63, 3.8) is 0 Å². The molecular weight excluding hydrogens is 404 g/mol. The smallest absolute Gasteiger partial charge is 0.266 e. The van der Waals surface area contributed by atoms with Crippen LogP contribution >= 0.6 is 0 Å². The van der Waals surface area contributed by atoms with Gasteiger partial charge in [0.15, 0.2) is 0 Å². The highest BCUT2D eigenvalue weighted by molar-refractivity contribution is 6.34. The summed E-state index contributed by atoms with van der Waals surface area (Å²) in [6.45, 7) is 0. The second-order valence-electron chi connectivity index (χ2n) is 8.04. The number of rotatable bonds is 5. The number of imide groups is 1. The molecule has 3 aromatic rings. The zero-order chi connectivity index (χ0) is 22.1. The predicted octanol–water partition coefficient (Wildman–Crippen LogP) is 5.06. The van der Waals surface area contributed by atoms with Crippen molar-refractivity contribution in [2.75, 3.05) is 10.2 Å². The topological polar surface area (TPSA) is 75.7 Å². The summed E-state index contributed by atoms with van der Waals surface area (Å²) < 4.78 is 5.95. The average molecular weight is 426 g/mol. The Morgan fingerprint density at radius 2 is 1.50 bits per heavy atom. The summed E-state index contributed by atoms with van der Waals surface area (Å²) >= 11 is 0. The van der Waals surface area contributed by atoms with Gasteiger partial charge in [-0.15, -0.1) is 0 Å². The monoisotopic (exact) mass is 426 g/mol. The molecule has 6 nitrogen and oxygen atoms in total. The first-order valence-corrected chi connectivity index (χ1v) is 10.8. The third kappa shape index (κ3) is 3.75. The Balaban J connectivity index is 1.29. The van der Waals surface area contributed by atoms with Gasteiger partial charge in [0, 0.05) is 11.3 Å². The van der Waals surface area contributed by atoms with Crippen LogP contribution in [0.4, 0.5) is 11.4 Å². The first-order valence-electron chi connectivity index (χ1n) is 10.8. The molecule has 0 saturated heterocycles. The summed E-state index contributed by atoms with van der Waals surface area (Å²) in [6, 6.07) is 20.5. The number of benzene rings is 3. The fourth-order valence-electron chi connectivity index (χ4n) is 4.23. The van der Waals surface area contributed by atoms with Gasteiger partial charge in [0.25, 0.3) is 17.7 Å². The van der Waals surface area contributed by atoms with Crippen LogP contribution in [0.25, 0.3) is 0 Å². The second kappa shape index (κ2) is 8.30. The molecule has 5 rings (SSSR count). The Labute approximate surface area is 185 Å². The molecule has 1 aliphatic carbocycles. The van der Waals surface area contributed by atoms with E-state index in [2.05, 4.69) is 5.32 Å². The van der Waals surface area contributed by atoms with Gasteiger partial charge in [0.05, 0.1) is 22.9 Å². The minimum absolute atomic E-state index is 0.263. The van der Waals surface area contributed by atoms with Crippen LogP contribution < -0.4 is 15.0 Å². The van der Waals surface area contributed by atoms with Crippen LogP contribution in [0.15, 0.2) is 72.8 Å². The molecule has 3 amide bonds. The molecule has 32 heavy (non-hydrogen) atoms. The molecule has 6 heteroatoms. The van der Waals surface area contributed by atoms with Crippen LogP contribution in [0.5, 0.6) is 5.75 Å². The van der Waals surface area contributed by atoms with E-state index in [0.717, 1.165) is 23.5 Å². The maximum atomic E-state index is 12.7. The van der Waals surface area contributed by atoms with Gasteiger partial charge in [-0.05, 0) is 80.3 Å². The lowest BCUT2D eigenvalue weighted by Crippen LogP contribution is -2.29. The van der Waals surface area contributed by atoms with Gasteiger partial charge < -0.3 is 10.1 Å². The Hall–Kier alpha value is -3.93. The third-order valence-corrected chi connectivity index (χ3v) is 5.88. The van der Waals surface area contributed by atoms with Gasteiger partial charge in [0.2, 0.25) is 0 Å². The second-order valence-corrected chi connectivity index (χ2v) is 8.04. The van der Waals surface area contributed by atoms with E-state index in [1.807, 2.05) is 12.1 Å². The molecule has 0 aromatic heterocycles. The van der Waals surface area contributed by atoms with Gasteiger partial charge >= 0.3 is 0 Å². The highest BCUT2D eigenvalue weighted by Crippen LogP contribution is 2.30. The zero-order valence-electron chi connectivity index (χ0n) is 17.4. The molecule has 0 atom stereocenters. The Morgan fingerprint density at radius 1 is 0.844 bits per heavy atom. The molecule has 160 valence electrons. The molecule has 0 spiro atoms. The van der Waals surface area contributed by atoms with Crippen molar-refractivity contribution in [1.82, 2.24) is 0 Å². The molecule has 2 aliphatic rings. The van der Waals surface area contributed by atoms with Crippen molar-refractivity contribution in [1.29, 1.82) is 0 Å². The Bertz CT molecular complexity index is 1160. The standard InChI is InChI=1S/C26H22N2O4/c29-24(17-12-14-21(15-13-17)32-20-8-1-2-9-20)27-18-6-5-7-19(16-18)28-25(30)22-10-3-4-11-23(22)26(28)31/h3-7,10-16,20H,1-2,8-9H2,(H,27,29). The van der Waals surface area contributed by atoms with Gasteiger partial charge in [0.1, 0.15) is 5.75 Å². The van der Waals surface area contributed by atoms with Crippen LogP contribution in [0.2, 0.25) is 0 Å². The number of hydrogen-bond acceptors (Lipinski definition) is 4. The van der Waals surface area contributed by atoms with Crippen molar-refractivity contribution >= 4 is 29.1 Å². The lowest BCUT2D eigenvalue weighted by molar-refractivity contribution is 0.0925. The largest absolute Gasteiger partial charge is 0.490 e.